The Bertz CT molecular complexity index is 1000. The fourth-order valence-corrected chi connectivity index (χ4v) is 3.49. The SMILES string of the molecule is CSc1ccc(NC(=O)COC(=O)c2cnc(SC)n2-c2ccc(F)cc2)cc1. The Labute approximate surface area is 175 Å². The van der Waals surface area contributed by atoms with Crippen molar-refractivity contribution < 1.29 is 18.7 Å². The normalized spacial score (nSPS) is 10.6. The van der Waals surface area contributed by atoms with Crippen molar-refractivity contribution in [2.75, 3.05) is 24.4 Å². The molecule has 0 saturated heterocycles. The zero-order valence-corrected chi connectivity index (χ0v) is 17.3. The first-order valence-electron chi connectivity index (χ1n) is 8.50. The Morgan fingerprint density at radius 3 is 2.38 bits per heavy atom. The first-order valence-corrected chi connectivity index (χ1v) is 11.0. The van der Waals surface area contributed by atoms with Gasteiger partial charge in [0, 0.05) is 16.3 Å². The molecule has 0 saturated carbocycles. The molecular weight excluding hydrogens is 413 g/mol. The summed E-state index contributed by atoms with van der Waals surface area (Å²) in [4.78, 5) is 29.9. The molecule has 0 unspecified atom stereocenters. The molecule has 0 fully saturated rings. The fourth-order valence-electron chi connectivity index (χ4n) is 2.54. The molecule has 1 aromatic heterocycles. The molecule has 150 valence electrons. The highest BCUT2D eigenvalue weighted by atomic mass is 32.2. The van der Waals surface area contributed by atoms with Gasteiger partial charge in [-0.2, -0.15) is 0 Å². The molecule has 3 rings (SSSR count). The number of carbonyl (C=O) groups excluding carboxylic acids is 2. The molecule has 9 heteroatoms. The van der Waals surface area contributed by atoms with Gasteiger partial charge in [0.25, 0.3) is 5.91 Å². The summed E-state index contributed by atoms with van der Waals surface area (Å²) in [5.74, 6) is -1.53. The second kappa shape index (κ2) is 9.62. The van der Waals surface area contributed by atoms with Gasteiger partial charge in [-0.05, 0) is 61.0 Å². The summed E-state index contributed by atoms with van der Waals surface area (Å²) in [6, 6.07) is 13.0. The van der Waals surface area contributed by atoms with Crippen molar-refractivity contribution in [3.05, 3.63) is 66.2 Å². The van der Waals surface area contributed by atoms with E-state index in [0.717, 1.165) is 4.90 Å². The number of rotatable bonds is 7. The molecule has 29 heavy (non-hydrogen) atoms. The van der Waals surface area contributed by atoms with Gasteiger partial charge >= 0.3 is 5.97 Å². The molecule has 1 N–H and O–H groups in total. The third kappa shape index (κ3) is 5.18. The highest BCUT2D eigenvalue weighted by Gasteiger charge is 2.20. The molecule has 1 amide bonds. The Morgan fingerprint density at radius 2 is 1.76 bits per heavy atom. The smallest absolute Gasteiger partial charge is 0.357 e. The minimum atomic E-state index is -0.699. The molecule has 0 atom stereocenters. The first kappa shape index (κ1) is 20.9. The summed E-state index contributed by atoms with van der Waals surface area (Å²) in [7, 11) is 0. The Hall–Kier alpha value is -2.78. The van der Waals surface area contributed by atoms with Crippen LogP contribution in [-0.4, -0.2) is 40.5 Å². The molecule has 6 nitrogen and oxygen atoms in total. The second-order valence-electron chi connectivity index (χ2n) is 5.79. The number of amides is 1. The maximum Gasteiger partial charge on any atom is 0.357 e. The largest absolute Gasteiger partial charge is 0.451 e. The first-order chi connectivity index (χ1) is 14.0. The van der Waals surface area contributed by atoms with Crippen LogP contribution >= 0.6 is 23.5 Å². The lowest BCUT2D eigenvalue weighted by atomic mass is 10.3. The molecule has 2 aromatic carbocycles. The Kier molecular flexibility index (Phi) is 6.95. The highest BCUT2D eigenvalue weighted by Crippen LogP contribution is 2.22. The summed E-state index contributed by atoms with van der Waals surface area (Å²) in [6.07, 6.45) is 5.15. The van der Waals surface area contributed by atoms with Crippen molar-refractivity contribution in [3.8, 4) is 5.69 Å². The summed E-state index contributed by atoms with van der Waals surface area (Å²) >= 11 is 2.93. The van der Waals surface area contributed by atoms with E-state index in [-0.39, 0.29) is 11.5 Å². The number of anilines is 1. The van der Waals surface area contributed by atoms with E-state index in [1.807, 2.05) is 24.6 Å². The molecular formula is C20H18FN3O3S2. The number of halogens is 1. The van der Waals surface area contributed by atoms with Crippen LogP contribution < -0.4 is 5.32 Å². The standard InChI is InChI=1S/C20H18FN3O3S2/c1-28-16-9-5-14(6-10-16)23-18(25)12-27-19(26)17-11-22-20(29-2)24(17)15-7-3-13(21)4-8-15/h3-11H,12H2,1-2H3,(H,23,25). The highest BCUT2D eigenvalue weighted by molar-refractivity contribution is 7.98. The van der Waals surface area contributed by atoms with Gasteiger partial charge in [0.15, 0.2) is 17.5 Å². The van der Waals surface area contributed by atoms with Crippen LogP contribution in [0, 0.1) is 5.82 Å². The third-order valence-corrected chi connectivity index (χ3v) is 5.31. The number of imidazole rings is 1. The number of nitrogens with one attached hydrogen (secondary N) is 1. The predicted molar refractivity (Wildman–Crippen MR) is 112 cm³/mol. The number of hydrogen-bond acceptors (Lipinski definition) is 6. The van der Waals surface area contributed by atoms with E-state index < -0.39 is 18.5 Å². The summed E-state index contributed by atoms with van der Waals surface area (Å²) in [5.41, 5.74) is 1.33. The molecule has 3 aromatic rings. The Balaban J connectivity index is 1.68. The molecule has 0 aliphatic carbocycles. The van der Waals surface area contributed by atoms with E-state index in [2.05, 4.69) is 10.3 Å². The summed E-state index contributed by atoms with van der Waals surface area (Å²) < 4.78 is 19.9. The predicted octanol–water partition coefficient (Wildman–Crippen LogP) is 4.25. The number of esters is 1. The number of aromatic nitrogens is 2. The zero-order chi connectivity index (χ0) is 20.8. The fraction of sp³-hybridized carbons (Fsp3) is 0.150. The van der Waals surface area contributed by atoms with Crippen LogP contribution in [0.4, 0.5) is 10.1 Å². The van der Waals surface area contributed by atoms with Crippen LogP contribution in [0.2, 0.25) is 0 Å². The molecule has 0 aliphatic heterocycles. The quantitative estimate of drug-likeness (QED) is 0.445. The number of hydrogen-bond donors (Lipinski definition) is 1. The van der Waals surface area contributed by atoms with Crippen LogP contribution in [0.3, 0.4) is 0 Å². The van der Waals surface area contributed by atoms with Crippen molar-refractivity contribution in [2.24, 2.45) is 0 Å². The van der Waals surface area contributed by atoms with Gasteiger partial charge in [0.1, 0.15) is 5.82 Å². The van der Waals surface area contributed by atoms with Crippen LogP contribution in [0.5, 0.6) is 0 Å². The third-order valence-electron chi connectivity index (χ3n) is 3.91. The van der Waals surface area contributed by atoms with Gasteiger partial charge in [-0.1, -0.05) is 11.8 Å². The van der Waals surface area contributed by atoms with E-state index in [1.165, 1.54) is 30.1 Å². The molecule has 0 spiro atoms. The molecule has 0 bridgehead atoms. The topological polar surface area (TPSA) is 73.2 Å². The van der Waals surface area contributed by atoms with E-state index in [0.29, 0.717) is 16.5 Å². The summed E-state index contributed by atoms with van der Waals surface area (Å²) in [5, 5.41) is 3.22. The number of ether oxygens (including phenoxy) is 1. The van der Waals surface area contributed by atoms with Crippen molar-refractivity contribution >= 4 is 41.1 Å². The zero-order valence-electron chi connectivity index (χ0n) is 15.7. The van der Waals surface area contributed by atoms with Crippen LogP contribution in [0.1, 0.15) is 10.5 Å². The van der Waals surface area contributed by atoms with E-state index in [1.54, 1.807) is 40.6 Å². The maximum absolute atomic E-state index is 13.2. The van der Waals surface area contributed by atoms with Gasteiger partial charge < -0.3 is 10.1 Å². The van der Waals surface area contributed by atoms with Gasteiger partial charge in [-0.25, -0.2) is 14.2 Å². The van der Waals surface area contributed by atoms with Crippen molar-refractivity contribution in [3.63, 3.8) is 0 Å². The lowest BCUT2D eigenvalue weighted by Gasteiger charge is -2.11. The Morgan fingerprint density at radius 1 is 1.07 bits per heavy atom. The lowest BCUT2D eigenvalue weighted by molar-refractivity contribution is -0.119. The van der Waals surface area contributed by atoms with Crippen LogP contribution in [0.25, 0.3) is 5.69 Å². The van der Waals surface area contributed by atoms with E-state index in [4.69, 9.17) is 4.74 Å². The van der Waals surface area contributed by atoms with Crippen LogP contribution in [-0.2, 0) is 9.53 Å². The maximum atomic E-state index is 13.2. The minimum Gasteiger partial charge on any atom is -0.451 e. The van der Waals surface area contributed by atoms with Gasteiger partial charge in [-0.15, -0.1) is 11.8 Å². The van der Waals surface area contributed by atoms with Gasteiger partial charge in [0.05, 0.1) is 6.20 Å². The minimum absolute atomic E-state index is 0.151. The monoisotopic (exact) mass is 431 g/mol. The van der Waals surface area contributed by atoms with Crippen molar-refractivity contribution in [1.29, 1.82) is 0 Å². The number of nitrogens with zero attached hydrogens (tertiary/aromatic N) is 2. The van der Waals surface area contributed by atoms with Crippen molar-refractivity contribution in [1.82, 2.24) is 9.55 Å². The average Bonchev–Trinajstić information content (AvgIpc) is 3.17. The van der Waals surface area contributed by atoms with E-state index >= 15 is 0 Å². The lowest BCUT2D eigenvalue weighted by Crippen LogP contribution is -2.22. The average molecular weight is 432 g/mol. The number of thioether (sulfide) groups is 2. The second-order valence-corrected chi connectivity index (χ2v) is 7.45. The molecule has 0 radical (unpaired) electrons. The number of carbonyl (C=O) groups is 2. The van der Waals surface area contributed by atoms with Crippen LogP contribution in [0.15, 0.2) is 64.8 Å². The summed E-state index contributed by atoms with van der Waals surface area (Å²) in [6.45, 7) is -0.438. The van der Waals surface area contributed by atoms with Gasteiger partial charge in [0.2, 0.25) is 0 Å². The molecule has 0 aliphatic rings. The number of benzene rings is 2. The molecule has 1 heterocycles. The van der Waals surface area contributed by atoms with Crippen molar-refractivity contribution in [2.45, 2.75) is 10.1 Å². The van der Waals surface area contributed by atoms with Gasteiger partial charge in [-0.3, -0.25) is 9.36 Å². The van der Waals surface area contributed by atoms with E-state index in [9.17, 15) is 14.0 Å².